The van der Waals surface area contributed by atoms with Gasteiger partial charge in [-0.3, -0.25) is 4.79 Å². The van der Waals surface area contributed by atoms with E-state index in [0.29, 0.717) is 23.5 Å². The number of hydrogen-bond donors (Lipinski definition) is 0. The number of ketones is 1. The lowest BCUT2D eigenvalue weighted by atomic mass is 9.85. The summed E-state index contributed by atoms with van der Waals surface area (Å²) in [6.45, 7) is 4.50. The molecule has 2 aliphatic rings. The zero-order valence-electron chi connectivity index (χ0n) is 10.6. The van der Waals surface area contributed by atoms with E-state index in [1.54, 1.807) is 0 Å². The molecule has 17 heavy (non-hydrogen) atoms. The number of hydrogen-bond acceptors (Lipinski definition) is 1. The van der Waals surface area contributed by atoms with Crippen LogP contribution in [0.15, 0.2) is 24.3 Å². The van der Waals surface area contributed by atoms with Crippen molar-refractivity contribution in [1.29, 1.82) is 0 Å². The van der Waals surface area contributed by atoms with Crippen molar-refractivity contribution in [2.75, 3.05) is 0 Å². The number of benzene rings is 1. The van der Waals surface area contributed by atoms with Gasteiger partial charge in [0.05, 0.1) is 0 Å². The van der Waals surface area contributed by atoms with Crippen molar-refractivity contribution in [3.8, 4) is 0 Å². The summed E-state index contributed by atoms with van der Waals surface area (Å²) in [5.74, 6) is 2.58. The lowest BCUT2D eigenvalue weighted by Gasteiger charge is -2.17. The number of carbonyl (C=O) groups is 1. The standard InChI is InChI=1S/C16H20O/c1-3-10-9-11(4-2)15-14(10)12-7-5-6-8-13(12)16(15)17/h5-8,10-11,14-15H,3-4,9H2,1-2H3. The highest BCUT2D eigenvalue weighted by Gasteiger charge is 2.51. The van der Waals surface area contributed by atoms with Crippen molar-refractivity contribution in [1.82, 2.24) is 0 Å². The maximum absolute atomic E-state index is 12.5. The molecule has 0 bridgehead atoms. The zero-order valence-corrected chi connectivity index (χ0v) is 10.6. The van der Waals surface area contributed by atoms with Crippen molar-refractivity contribution in [2.24, 2.45) is 17.8 Å². The molecule has 0 aliphatic heterocycles. The molecule has 4 unspecified atom stereocenters. The first kappa shape index (κ1) is 11.0. The topological polar surface area (TPSA) is 17.1 Å². The van der Waals surface area contributed by atoms with Gasteiger partial charge in [0.1, 0.15) is 0 Å². The smallest absolute Gasteiger partial charge is 0.167 e. The second-order valence-corrected chi connectivity index (χ2v) is 5.58. The van der Waals surface area contributed by atoms with E-state index < -0.39 is 0 Å². The van der Waals surface area contributed by atoms with Gasteiger partial charge in [0.25, 0.3) is 0 Å². The summed E-state index contributed by atoms with van der Waals surface area (Å²) in [7, 11) is 0. The molecule has 1 heteroatoms. The maximum atomic E-state index is 12.5. The SMILES string of the molecule is CCC1CC(CC)C2c3ccccc3C(=O)C12. The molecule has 0 saturated heterocycles. The van der Waals surface area contributed by atoms with Gasteiger partial charge in [0.15, 0.2) is 5.78 Å². The average molecular weight is 228 g/mol. The van der Waals surface area contributed by atoms with Crippen LogP contribution < -0.4 is 0 Å². The Hall–Kier alpha value is -1.11. The summed E-state index contributed by atoms with van der Waals surface area (Å²) in [6.07, 6.45) is 3.61. The van der Waals surface area contributed by atoms with Crippen molar-refractivity contribution >= 4 is 5.78 Å². The second-order valence-electron chi connectivity index (χ2n) is 5.58. The summed E-state index contributed by atoms with van der Waals surface area (Å²) in [5.41, 5.74) is 2.35. The highest BCUT2D eigenvalue weighted by atomic mass is 16.1. The summed E-state index contributed by atoms with van der Waals surface area (Å²) < 4.78 is 0. The van der Waals surface area contributed by atoms with Crippen molar-refractivity contribution in [3.63, 3.8) is 0 Å². The Morgan fingerprint density at radius 1 is 1.06 bits per heavy atom. The van der Waals surface area contributed by atoms with Crippen LogP contribution in [0, 0.1) is 17.8 Å². The quantitative estimate of drug-likeness (QED) is 0.746. The molecule has 1 aromatic rings. The third-order valence-corrected chi connectivity index (χ3v) is 4.94. The Kier molecular flexibility index (Phi) is 2.57. The molecular weight excluding hydrogens is 208 g/mol. The molecule has 1 aromatic carbocycles. The molecule has 0 radical (unpaired) electrons. The van der Waals surface area contributed by atoms with Gasteiger partial charge in [-0.15, -0.1) is 0 Å². The maximum Gasteiger partial charge on any atom is 0.167 e. The molecule has 1 saturated carbocycles. The highest BCUT2D eigenvalue weighted by molar-refractivity contribution is 6.03. The minimum Gasteiger partial charge on any atom is -0.294 e. The largest absolute Gasteiger partial charge is 0.294 e. The van der Waals surface area contributed by atoms with E-state index in [0.717, 1.165) is 17.9 Å². The Morgan fingerprint density at radius 2 is 1.71 bits per heavy atom. The van der Waals surface area contributed by atoms with Crippen LogP contribution in [0.3, 0.4) is 0 Å². The van der Waals surface area contributed by atoms with E-state index in [4.69, 9.17) is 0 Å². The van der Waals surface area contributed by atoms with E-state index in [1.807, 2.05) is 12.1 Å². The van der Waals surface area contributed by atoms with Crippen LogP contribution in [0.25, 0.3) is 0 Å². The number of Topliss-reactive ketones (excluding diaryl/α,β-unsaturated/α-hetero) is 1. The van der Waals surface area contributed by atoms with Gasteiger partial charge < -0.3 is 0 Å². The highest BCUT2D eigenvalue weighted by Crippen LogP contribution is 2.55. The van der Waals surface area contributed by atoms with E-state index in [9.17, 15) is 4.79 Å². The molecule has 3 rings (SSSR count). The van der Waals surface area contributed by atoms with Crippen LogP contribution in [-0.4, -0.2) is 5.78 Å². The zero-order chi connectivity index (χ0) is 12.0. The predicted molar refractivity (Wildman–Crippen MR) is 69.2 cm³/mol. The molecule has 2 aliphatic carbocycles. The Bertz CT molecular complexity index is 449. The fourth-order valence-electron chi connectivity index (χ4n) is 4.13. The van der Waals surface area contributed by atoms with Crippen LogP contribution in [0.5, 0.6) is 0 Å². The van der Waals surface area contributed by atoms with Crippen molar-refractivity contribution in [2.45, 2.75) is 39.0 Å². The number of rotatable bonds is 2. The molecule has 1 fully saturated rings. The van der Waals surface area contributed by atoms with Gasteiger partial charge >= 0.3 is 0 Å². The van der Waals surface area contributed by atoms with Crippen LogP contribution in [0.2, 0.25) is 0 Å². The molecule has 0 aromatic heterocycles. The molecule has 0 amide bonds. The van der Waals surface area contributed by atoms with E-state index in [2.05, 4.69) is 26.0 Å². The molecule has 0 spiro atoms. The Morgan fingerprint density at radius 3 is 2.41 bits per heavy atom. The second kappa shape index (κ2) is 3.97. The Labute approximate surface area is 103 Å². The summed E-state index contributed by atoms with van der Waals surface area (Å²) in [6, 6.07) is 8.29. The molecule has 0 heterocycles. The normalized spacial score (nSPS) is 34.8. The van der Waals surface area contributed by atoms with Crippen LogP contribution in [-0.2, 0) is 0 Å². The van der Waals surface area contributed by atoms with Crippen molar-refractivity contribution in [3.05, 3.63) is 35.4 Å². The van der Waals surface area contributed by atoms with Gasteiger partial charge in [0, 0.05) is 11.5 Å². The number of carbonyl (C=O) groups excluding carboxylic acids is 1. The van der Waals surface area contributed by atoms with Crippen LogP contribution in [0.1, 0.15) is 54.9 Å². The average Bonchev–Trinajstić information content (AvgIpc) is 2.88. The van der Waals surface area contributed by atoms with Crippen molar-refractivity contribution < 1.29 is 4.79 Å². The summed E-state index contributed by atoms with van der Waals surface area (Å²) in [4.78, 5) is 12.5. The van der Waals surface area contributed by atoms with Gasteiger partial charge in [-0.25, -0.2) is 0 Å². The summed E-state index contributed by atoms with van der Waals surface area (Å²) >= 11 is 0. The predicted octanol–water partition coefficient (Wildman–Crippen LogP) is 4.04. The first-order valence-corrected chi connectivity index (χ1v) is 6.91. The molecule has 1 nitrogen and oxygen atoms in total. The minimum absolute atomic E-state index is 0.294. The van der Waals surface area contributed by atoms with Crippen LogP contribution >= 0.6 is 0 Å². The molecule has 90 valence electrons. The first-order valence-electron chi connectivity index (χ1n) is 6.91. The number of fused-ring (bicyclic) bond motifs is 3. The third kappa shape index (κ3) is 1.41. The van der Waals surface area contributed by atoms with E-state index >= 15 is 0 Å². The monoisotopic (exact) mass is 228 g/mol. The van der Waals surface area contributed by atoms with Gasteiger partial charge in [-0.05, 0) is 29.7 Å². The lowest BCUT2D eigenvalue weighted by molar-refractivity contribution is 0.0897. The minimum atomic E-state index is 0.294. The van der Waals surface area contributed by atoms with E-state index in [1.165, 1.54) is 18.4 Å². The first-order chi connectivity index (χ1) is 8.27. The summed E-state index contributed by atoms with van der Waals surface area (Å²) in [5, 5.41) is 0. The van der Waals surface area contributed by atoms with E-state index in [-0.39, 0.29) is 0 Å². The van der Waals surface area contributed by atoms with Gasteiger partial charge in [0.2, 0.25) is 0 Å². The fourth-order valence-corrected chi connectivity index (χ4v) is 4.13. The lowest BCUT2D eigenvalue weighted by Crippen LogP contribution is -2.16. The van der Waals surface area contributed by atoms with Crippen LogP contribution in [0.4, 0.5) is 0 Å². The fraction of sp³-hybridized carbons (Fsp3) is 0.562. The van der Waals surface area contributed by atoms with Gasteiger partial charge in [-0.1, -0.05) is 51.0 Å². The van der Waals surface area contributed by atoms with Gasteiger partial charge in [-0.2, -0.15) is 0 Å². The molecule has 0 N–H and O–H groups in total. The Balaban J connectivity index is 2.08. The third-order valence-electron chi connectivity index (χ3n) is 4.94. The molecule has 4 atom stereocenters. The molecular formula is C16H20O.